The Hall–Kier alpha value is -2.43. The Morgan fingerprint density at radius 2 is 1.91 bits per heavy atom. The molecule has 9 nitrogen and oxygen atoms in total. The number of carbonyl (C=O) groups is 2. The molecule has 0 spiro atoms. The van der Waals surface area contributed by atoms with Gasteiger partial charge in [-0.3, -0.25) is 9.69 Å². The molecule has 0 aliphatic carbocycles. The van der Waals surface area contributed by atoms with Crippen LogP contribution in [-0.2, 0) is 14.3 Å². The molecular weight excluding hydrogens is 433 g/mol. The number of carbonyl (C=O) groups excluding carboxylic acids is 2. The van der Waals surface area contributed by atoms with Crippen LogP contribution in [0.25, 0.3) is 0 Å². The first kappa shape index (κ1) is 25.2. The zero-order valence-electron chi connectivity index (χ0n) is 19.4. The minimum Gasteiger partial charge on any atom is -0.490 e. The Kier molecular flexibility index (Phi) is 8.87. The molecule has 1 atom stereocenters. The molecular formula is C23H34FN3O6. The molecule has 0 saturated carbocycles. The lowest BCUT2D eigenvalue weighted by Crippen LogP contribution is -2.55. The monoisotopic (exact) mass is 467 g/mol. The van der Waals surface area contributed by atoms with Crippen molar-refractivity contribution in [2.24, 2.45) is 0 Å². The van der Waals surface area contributed by atoms with Gasteiger partial charge in [-0.15, -0.1) is 0 Å². The molecule has 2 aliphatic rings. The largest absolute Gasteiger partial charge is 0.490 e. The Morgan fingerprint density at radius 3 is 2.58 bits per heavy atom. The van der Waals surface area contributed by atoms with E-state index in [1.165, 1.54) is 19.2 Å². The van der Waals surface area contributed by atoms with E-state index in [0.29, 0.717) is 45.1 Å². The molecule has 0 radical (unpaired) electrons. The molecule has 1 aromatic carbocycles. The average Bonchev–Trinajstić information content (AvgIpc) is 2.98. The van der Waals surface area contributed by atoms with Crippen molar-refractivity contribution >= 4 is 12.0 Å². The Labute approximate surface area is 194 Å². The number of β-amino-alcohol motifs (C(OH)–C–C–N with tert-alkyl or cyclic N) is 1. The molecule has 2 amide bonds. The highest BCUT2D eigenvalue weighted by Gasteiger charge is 2.40. The van der Waals surface area contributed by atoms with Crippen molar-refractivity contribution in [3.8, 4) is 5.75 Å². The summed E-state index contributed by atoms with van der Waals surface area (Å²) in [4.78, 5) is 30.0. The fourth-order valence-electron chi connectivity index (χ4n) is 4.42. The molecule has 1 N–H and O–H groups in total. The number of amides is 2. The highest BCUT2D eigenvalue weighted by Crippen LogP contribution is 2.24. The van der Waals surface area contributed by atoms with Crippen molar-refractivity contribution in [1.29, 1.82) is 0 Å². The van der Waals surface area contributed by atoms with Gasteiger partial charge in [-0.1, -0.05) is 6.07 Å². The van der Waals surface area contributed by atoms with Crippen LogP contribution in [0.1, 0.15) is 19.8 Å². The van der Waals surface area contributed by atoms with Crippen LogP contribution in [0.5, 0.6) is 5.75 Å². The maximum absolute atomic E-state index is 13.5. The van der Waals surface area contributed by atoms with Crippen LogP contribution in [0.4, 0.5) is 9.18 Å². The molecule has 2 fully saturated rings. The molecule has 2 aliphatic heterocycles. The lowest BCUT2D eigenvalue weighted by molar-refractivity contribution is -0.138. The Morgan fingerprint density at radius 1 is 1.15 bits per heavy atom. The van der Waals surface area contributed by atoms with E-state index in [1.54, 1.807) is 28.9 Å². The number of hydrogen-bond acceptors (Lipinski definition) is 7. The lowest BCUT2D eigenvalue weighted by Gasteiger charge is -2.40. The molecule has 2 heterocycles. The predicted molar refractivity (Wildman–Crippen MR) is 118 cm³/mol. The molecule has 0 bridgehead atoms. The fraction of sp³-hybridized carbons (Fsp3) is 0.652. The van der Waals surface area contributed by atoms with Gasteiger partial charge in [0.15, 0.2) is 0 Å². The van der Waals surface area contributed by atoms with E-state index >= 15 is 0 Å². The van der Waals surface area contributed by atoms with Crippen LogP contribution in [0.2, 0.25) is 0 Å². The van der Waals surface area contributed by atoms with Crippen LogP contribution in [-0.4, -0.2) is 110 Å². The maximum Gasteiger partial charge on any atom is 0.409 e. The molecule has 1 unspecified atom stereocenters. The average molecular weight is 468 g/mol. The quantitative estimate of drug-likeness (QED) is 0.647. The zero-order valence-corrected chi connectivity index (χ0v) is 19.4. The standard InChI is InChI=1S/C23H34FN3O6/c1-3-32-22(29)25-9-7-19(8-10-25)26-11-12-27(21(28)14-31-2)16-23(30,15-26)17-33-20-6-4-5-18(24)13-20/h4-6,13,19,30H,3,7-12,14-17H2,1-2H3. The van der Waals surface area contributed by atoms with Gasteiger partial charge in [0, 0.05) is 51.9 Å². The van der Waals surface area contributed by atoms with Gasteiger partial charge in [-0.05, 0) is 31.9 Å². The summed E-state index contributed by atoms with van der Waals surface area (Å²) in [5, 5.41) is 11.5. The van der Waals surface area contributed by atoms with E-state index < -0.39 is 11.4 Å². The second kappa shape index (κ2) is 11.6. The summed E-state index contributed by atoms with van der Waals surface area (Å²) in [6.07, 6.45) is 1.18. The van der Waals surface area contributed by atoms with Crippen molar-refractivity contribution in [3.05, 3.63) is 30.1 Å². The molecule has 10 heteroatoms. The maximum atomic E-state index is 13.5. The van der Waals surface area contributed by atoms with Gasteiger partial charge in [-0.25, -0.2) is 9.18 Å². The van der Waals surface area contributed by atoms with Gasteiger partial charge in [0.05, 0.1) is 13.2 Å². The summed E-state index contributed by atoms with van der Waals surface area (Å²) in [5.74, 6) is -0.315. The molecule has 0 aromatic heterocycles. The molecule has 1 aromatic rings. The van der Waals surface area contributed by atoms with E-state index in [1.807, 2.05) is 0 Å². The highest BCUT2D eigenvalue weighted by molar-refractivity contribution is 5.77. The number of likely N-dealkylation sites (tertiary alicyclic amines) is 1. The van der Waals surface area contributed by atoms with Gasteiger partial charge in [0.25, 0.3) is 0 Å². The third kappa shape index (κ3) is 7.02. The Balaban J connectivity index is 1.69. The summed E-state index contributed by atoms with van der Waals surface area (Å²) in [6, 6.07) is 5.90. The summed E-state index contributed by atoms with van der Waals surface area (Å²) in [7, 11) is 1.46. The van der Waals surface area contributed by atoms with E-state index in [2.05, 4.69) is 4.90 Å². The van der Waals surface area contributed by atoms with Crippen LogP contribution in [0.3, 0.4) is 0 Å². The smallest absolute Gasteiger partial charge is 0.409 e. The van der Waals surface area contributed by atoms with Crippen LogP contribution in [0, 0.1) is 5.82 Å². The van der Waals surface area contributed by atoms with Crippen LogP contribution in [0.15, 0.2) is 24.3 Å². The second-order valence-corrected chi connectivity index (χ2v) is 8.61. The summed E-state index contributed by atoms with van der Waals surface area (Å²) in [6.45, 7) is 4.52. The summed E-state index contributed by atoms with van der Waals surface area (Å²) < 4.78 is 29.4. The topological polar surface area (TPSA) is 91.8 Å². The van der Waals surface area contributed by atoms with Crippen molar-refractivity contribution in [2.75, 3.05) is 66.2 Å². The molecule has 33 heavy (non-hydrogen) atoms. The molecule has 2 saturated heterocycles. The first-order chi connectivity index (χ1) is 15.8. The summed E-state index contributed by atoms with van der Waals surface area (Å²) >= 11 is 0. The van der Waals surface area contributed by atoms with Crippen LogP contribution < -0.4 is 4.74 Å². The minimum atomic E-state index is -1.36. The third-order valence-corrected chi connectivity index (χ3v) is 6.07. The lowest BCUT2D eigenvalue weighted by atomic mass is 9.99. The van der Waals surface area contributed by atoms with Gasteiger partial charge in [-0.2, -0.15) is 0 Å². The minimum absolute atomic E-state index is 0.0707. The van der Waals surface area contributed by atoms with E-state index in [0.717, 1.165) is 12.8 Å². The fourth-order valence-corrected chi connectivity index (χ4v) is 4.42. The number of piperidine rings is 1. The SMILES string of the molecule is CCOC(=O)N1CCC(N2CCN(C(=O)COC)CC(O)(COc3cccc(F)c3)C2)CC1. The number of halogens is 1. The van der Waals surface area contributed by atoms with Crippen molar-refractivity contribution < 1.29 is 33.3 Å². The van der Waals surface area contributed by atoms with Gasteiger partial charge in [0.2, 0.25) is 5.91 Å². The zero-order chi connectivity index (χ0) is 23.8. The molecule has 184 valence electrons. The van der Waals surface area contributed by atoms with Gasteiger partial charge < -0.3 is 29.1 Å². The van der Waals surface area contributed by atoms with Gasteiger partial charge in [0.1, 0.15) is 30.4 Å². The predicted octanol–water partition coefficient (Wildman–Crippen LogP) is 1.35. The normalized spacial score (nSPS) is 22.7. The number of ether oxygens (including phenoxy) is 3. The number of aliphatic hydroxyl groups is 1. The highest BCUT2D eigenvalue weighted by atomic mass is 19.1. The van der Waals surface area contributed by atoms with E-state index in [-0.39, 0.29) is 37.8 Å². The van der Waals surface area contributed by atoms with Crippen molar-refractivity contribution in [1.82, 2.24) is 14.7 Å². The number of nitrogens with zero attached hydrogens (tertiary/aromatic N) is 3. The number of rotatable bonds is 7. The summed E-state index contributed by atoms with van der Waals surface area (Å²) in [5.41, 5.74) is -1.36. The number of methoxy groups -OCH3 is 1. The number of benzene rings is 1. The van der Waals surface area contributed by atoms with Gasteiger partial charge >= 0.3 is 6.09 Å². The van der Waals surface area contributed by atoms with E-state index in [9.17, 15) is 19.1 Å². The first-order valence-corrected chi connectivity index (χ1v) is 11.4. The second-order valence-electron chi connectivity index (χ2n) is 8.61. The number of hydrogen-bond donors (Lipinski definition) is 1. The van der Waals surface area contributed by atoms with Crippen molar-refractivity contribution in [2.45, 2.75) is 31.4 Å². The van der Waals surface area contributed by atoms with Crippen LogP contribution >= 0.6 is 0 Å². The molecule has 3 rings (SSSR count). The van der Waals surface area contributed by atoms with Crippen molar-refractivity contribution in [3.63, 3.8) is 0 Å². The first-order valence-electron chi connectivity index (χ1n) is 11.4. The van der Waals surface area contributed by atoms with E-state index in [4.69, 9.17) is 14.2 Å². The Bertz CT molecular complexity index is 804. The third-order valence-electron chi connectivity index (χ3n) is 6.07.